The van der Waals surface area contributed by atoms with Crippen LogP contribution in [0.25, 0.3) is 11.3 Å². The fraction of sp³-hybridized carbons (Fsp3) is 0.192. The summed E-state index contributed by atoms with van der Waals surface area (Å²) in [6.07, 6.45) is 5.24. The molecule has 4 aromatic rings. The summed E-state index contributed by atoms with van der Waals surface area (Å²) >= 11 is 1.56. The first-order valence-electron chi connectivity index (χ1n) is 11.1. The molecule has 5 rings (SSSR count). The van der Waals surface area contributed by atoms with Gasteiger partial charge in [0.15, 0.2) is 0 Å². The fourth-order valence-electron chi connectivity index (χ4n) is 3.76. The third kappa shape index (κ3) is 5.13. The van der Waals surface area contributed by atoms with Crippen LogP contribution in [0.3, 0.4) is 0 Å². The van der Waals surface area contributed by atoms with Crippen LogP contribution in [0.4, 0.5) is 11.6 Å². The van der Waals surface area contributed by atoms with E-state index in [4.69, 9.17) is 9.40 Å². The zero-order valence-corrected chi connectivity index (χ0v) is 19.7. The van der Waals surface area contributed by atoms with E-state index in [0.717, 1.165) is 58.9 Å². The lowest BCUT2D eigenvalue weighted by atomic mass is 10.2. The predicted molar refractivity (Wildman–Crippen MR) is 134 cm³/mol. The van der Waals surface area contributed by atoms with Crippen LogP contribution in [0, 0.1) is 0 Å². The fourth-order valence-corrected chi connectivity index (χ4v) is 4.71. The van der Waals surface area contributed by atoms with Crippen molar-refractivity contribution in [1.29, 1.82) is 0 Å². The van der Waals surface area contributed by atoms with Gasteiger partial charge in [-0.25, -0.2) is 9.97 Å². The van der Waals surface area contributed by atoms with Gasteiger partial charge in [-0.3, -0.25) is 4.79 Å². The maximum atomic E-state index is 12.5. The quantitative estimate of drug-likeness (QED) is 0.429. The summed E-state index contributed by atoms with van der Waals surface area (Å²) in [6, 6.07) is 18.9. The van der Waals surface area contributed by atoms with E-state index >= 15 is 0 Å². The van der Waals surface area contributed by atoms with Crippen LogP contribution in [0.5, 0.6) is 0 Å². The Morgan fingerprint density at radius 2 is 1.85 bits per heavy atom. The van der Waals surface area contributed by atoms with Crippen molar-refractivity contribution in [2.75, 3.05) is 43.4 Å². The van der Waals surface area contributed by atoms with Gasteiger partial charge in [-0.05, 0) is 43.4 Å². The van der Waals surface area contributed by atoms with Crippen molar-refractivity contribution in [2.24, 2.45) is 0 Å². The van der Waals surface area contributed by atoms with Gasteiger partial charge in [0.25, 0.3) is 5.91 Å². The van der Waals surface area contributed by atoms with Crippen LogP contribution in [0.15, 0.2) is 93.6 Å². The van der Waals surface area contributed by atoms with Gasteiger partial charge < -0.3 is 19.5 Å². The third-order valence-corrected chi connectivity index (χ3v) is 6.69. The minimum Gasteiger partial charge on any atom is -0.472 e. The van der Waals surface area contributed by atoms with E-state index in [9.17, 15) is 4.79 Å². The average Bonchev–Trinajstić information content (AvgIpc) is 3.41. The Bertz CT molecular complexity index is 1260. The van der Waals surface area contributed by atoms with Gasteiger partial charge in [0.2, 0.25) is 5.95 Å². The van der Waals surface area contributed by atoms with Crippen LogP contribution in [-0.4, -0.2) is 54.0 Å². The van der Waals surface area contributed by atoms with Gasteiger partial charge in [-0.1, -0.05) is 36.0 Å². The Morgan fingerprint density at radius 3 is 2.62 bits per heavy atom. The smallest absolute Gasteiger partial charge is 0.255 e. The molecule has 2 aromatic heterocycles. The largest absolute Gasteiger partial charge is 0.472 e. The third-order valence-electron chi connectivity index (χ3n) is 5.68. The number of aromatic nitrogens is 2. The summed E-state index contributed by atoms with van der Waals surface area (Å²) in [4.78, 5) is 28.6. The Kier molecular flexibility index (Phi) is 6.60. The molecule has 1 aliphatic rings. The molecule has 0 unspecified atom stereocenters. The second-order valence-corrected chi connectivity index (χ2v) is 9.25. The lowest BCUT2D eigenvalue weighted by Gasteiger charge is -2.32. The molecule has 0 aliphatic carbocycles. The highest BCUT2D eigenvalue weighted by atomic mass is 32.2. The number of nitrogens with one attached hydrogen (secondary N) is 1. The first-order valence-corrected chi connectivity index (χ1v) is 11.9. The van der Waals surface area contributed by atoms with E-state index in [-0.39, 0.29) is 5.91 Å². The first kappa shape index (κ1) is 22.2. The standard InChI is InChI=1S/C26H25N5O2S/c1-30-11-13-31(14-12-30)26-27-17-23(24(29-26)20-10-15-33-18-20)34-22-9-5-8-21(16-22)28-25(32)19-6-3-2-4-7-19/h2-10,15-18H,11-14H2,1H3,(H,28,32). The minimum absolute atomic E-state index is 0.137. The molecule has 1 amide bonds. The number of nitrogens with zero attached hydrogens (tertiary/aromatic N) is 4. The van der Waals surface area contributed by atoms with Crippen molar-refractivity contribution >= 4 is 29.3 Å². The van der Waals surface area contributed by atoms with E-state index in [1.54, 1.807) is 36.4 Å². The number of carbonyl (C=O) groups is 1. The predicted octanol–water partition coefficient (Wildman–Crippen LogP) is 4.89. The summed E-state index contributed by atoms with van der Waals surface area (Å²) in [5.74, 6) is 0.597. The molecule has 2 aromatic carbocycles. The maximum absolute atomic E-state index is 12.5. The van der Waals surface area contributed by atoms with Crippen molar-refractivity contribution in [3.63, 3.8) is 0 Å². The minimum atomic E-state index is -0.137. The maximum Gasteiger partial charge on any atom is 0.255 e. The average molecular weight is 472 g/mol. The normalized spacial score (nSPS) is 14.2. The second kappa shape index (κ2) is 10.1. The highest BCUT2D eigenvalue weighted by molar-refractivity contribution is 7.99. The highest BCUT2D eigenvalue weighted by Crippen LogP contribution is 2.36. The molecule has 34 heavy (non-hydrogen) atoms. The Balaban J connectivity index is 1.38. The number of hydrogen-bond acceptors (Lipinski definition) is 7. The summed E-state index contributed by atoms with van der Waals surface area (Å²) in [6.45, 7) is 3.78. The van der Waals surface area contributed by atoms with Crippen LogP contribution in [0.1, 0.15) is 10.4 Å². The number of benzene rings is 2. The number of amides is 1. The molecule has 0 radical (unpaired) electrons. The molecule has 1 N–H and O–H groups in total. The molecule has 0 saturated carbocycles. The van der Waals surface area contributed by atoms with Crippen molar-refractivity contribution in [2.45, 2.75) is 9.79 Å². The lowest BCUT2D eigenvalue weighted by molar-refractivity contribution is 0.102. The SMILES string of the molecule is CN1CCN(c2ncc(Sc3cccc(NC(=O)c4ccccc4)c3)c(-c3ccoc3)n2)CC1. The number of carbonyl (C=O) groups excluding carboxylic acids is 1. The number of piperazine rings is 1. The summed E-state index contributed by atoms with van der Waals surface area (Å²) < 4.78 is 5.34. The van der Waals surface area contributed by atoms with Gasteiger partial charge in [-0.2, -0.15) is 0 Å². The monoisotopic (exact) mass is 471 g/mol. The molecular weight excluding hydrogens is 446 g/mol. The molecule has 3 heterocycles. The molecule has 172 valence electrons. The summed E-state index contributed by atoms with van der Waals surface area (Å²) in [5.41, 5.74) is 3.10. The zero-order chi connectivity index (χ0) is 23.3. The molecule has 0 atom stereocenters. The number of hydrogen-bond donors (Lipinski definition) is 1. The van der Waals surface area contributed by atoms with Crippen molar-refractivity contribution < 1.29 is 9.21 Å². The topological polar surface area (TPSA) is 74.5 Å². The van der Waals surface area contributed by atoms with Crippen molar-refractivity contribution in [1.82, 2.24) is 14.9 Å². The lowest BCUT2D eigenvalue weighted by Crippen LogP contribution is -2.45. The van der Waals surface area contributed by atoms with Gasteiger partial charge in [0.1, 0.15) is 0 Å². The number of likely N-dealkylation sites (N-methyl/N-ethyl adjacent to an activating group) is 1. The van der Waals surface area contributed by atoms with E-state index in [1.165, 1.54) is 0 Å². The molecule has 0 spiro atoms. The van der Waals surface area contributed by atoms with Crippen LogP contribution >= 0.6 is 11.8 Å². The Hall–Kier alpha value is -3.62. The number of anilines is 2. The van der Waals surface area contributed by atoms with Crippen LogP contribution < -0.4 is 10.2 Å². The van der Waals surface area contributed by atoms with Crippen LogP contribution in [-0.2, 0) is 0 Å². The molecule has 1 aliphatic heterocycles. The van der Waals surface area contributed by atoms with Crippen molar-refractivity contribution in [3.8, 4) is 11.3 Å². The van der Waals surface area contributed by atoms with Crippen molar-refractivity contribution in [3.05, 3.63) is 85.0 Å². The Morgan fingerprint density at radius 1 is 1.03 bits per heavy atom. The van der Waals surface area contributed by atoms with Gasteiger partial charge >= 0.3 is 0 Å². The van der Waals surface area contributed by atoms with Gasteiger partial charge in [0, 0.05) is 54.1 Å². The molecular formula is C26H25N5O2S. The van der Waals surface area contributed by atoms with E-state index in [0.29, 0.717) is 5.56 Å². The first-order chi connectivity index (χ1) is 16.7. The van der Waals surface area contributed by atoms with Gasteiger partial charge in [-0.15, -0.1) is 0 Å². The Labute approximate surface area is 202 Å². The van der Waals surface area contributed by atoms with Crippen LogP contribution in [0.2, 0.25) is 0 Å². The number of furan rings is 1. The number of rotatable bonds is 6. The highest BCUT2D eigenvalue weighted by Gasteiger charge is 2.19. The van der Waals surface area contributed by atoms with E-state index in [1.807, 2.05) is 54.7 Å². The second-order valence-electron chi connectivity index (χ2n) is 8.14. The summed E-state index contributed by atoms with van der Waals surface area (Å²) in [7, 11) is 2.13. The van der Waals surface area contributed by atoms with Gasteiger partial charge in [0.05, 0.1) is 23.1 Å². The van der Waals surface area contributed by atoms with E-state index < -0.39 is 0 Å². The molecule has 8 heteroatoms. The molecule has 1 fully saturated rings. The zero-order valence-electron chi connectivity index (χ0n) is 18.8. The molecule has 0 bridgehead atoms. The summed E-state index contributed by atoms with van der Waals surface area (Å²) in [5, 5.41) is 2.97. The molecule has 7 nitrogen and oxygen atoms in total. The van der Waals surface area contributed by atoms with E-state index in [2.05, 4.69) is 27.1 Å². The molecule has 1 saturated heterocycles.